The Morgan fingerprint density at radius 1 is 1.59 bits per heavy atom. The fourth-order valence-corrected chi connectivity index (χ4v) is 1.87. The van der Waals surface area contributed by atoms with Crippen LogP contribution >= 0.6 is 0 Å². The molecule has 1 aromatic heterocycles. The van der Waals surface area contributed by atoms with E-state index in [-0.39, 0.29) is 11.9 Å². The molecule has 17 heavy (non-hydrogen) atoms. The summed E-state index contributed by atoms with van der Waals surface area (Å²) in [6.07, 6.45) is 4.43. The topological polar surface area (TPSA) is 72.9 Å². The third-order valence-electron chi connectivity index (χ3n) is 2.72. The van der Waals surface area contributed by atoms with E-state index in [1.807, 2.05) is 13.1 Å². The summed E-state index contributed by atoms with van der Waals surface area (Å²) in [5, 5.41) is 3.08. The predicted molar refractivity (Wildman–Crippen MR) is 67.6 cm³/mol. The van der Waals surface area contributed by atoms with Crippen LogP contribution in [0.5, 0.6) is 0 Å². The van der Waals surface area contributed by atoms with Gasteiger partial charge in [0.15, 0.2) is 0 Å². The number of nitrogens with zero attached hydrogens (tertiary/aromatic N) is 2. The summed E-state index contributed by atoms with van der Waals surface area (Å²) in [4.78, 5) is 15.5. The molecule has 0 radical (unpaired) electrons. The Bertz CT molecular complexity index is 359. The van der Waals surface area contributed by atoms with Gasteiger partial charge in [0.2, 0.25) is 5.91 Å². The highest BCUT2D eigenvalue weighted by Gasteiger charge is 2.15. The molecule has 0 aliphatic rings. The zero-order valence-electron chi connectivity index (χ0n) is 10.8. The Labute approximate surface area is 102 Å². The SMILES string of the molecule is CCNC(CCn1ccnc1C(C)C)C(N)=O. The molecule has 1 atom stereocenters. The normalized spacial score (nSPS) is 12.9. The molecule has 1 heterocycles. The maximum Gasteiger partial charge on any atom is 0.234 e. The van der Waals surface area contributed by atoms with Crippen molar-refractivity contribution in [3.63, 3.8) is 0 Å². The van der Waals surface area contributed by atoms with Crippen LogP contribution in [0.2, 0.25) is 0 Å². The monoisotopic (exact) mass is 238 g/mol. The lowest BCUT2D eigenvalue weighted by Crippen LogP contribution is -2.41. The zero-order valence-corrected chi connectivity index (χ0v) is 10.8. The second-order valence-corrected chi connectivity index (χ2v) is 4.43. The number of aromatic nitrogens is 2. The lowest BCUT2D eigenvalue weighted by molar-refractivity contribution is -0.120. The van der Waals surface area contributed by atoms with Crippen molar-refractivity contribution in [2.75, 3.05) is 6.54 Å². The number of nitrogens with one attached hydrogen (secondary N) is 1. The second kappa shape index (κ2) is 6.39. The average molecular weight is 238 g/mol. The van der Waals surface area contributed by atoms with Crippen molar-refractivity contribution >= 4 is 5.91 Å². The number of carbonyl (C=O) groups is 1. The Morgan fingerprint density at radius 3 is 2.82 bits per heavy atom. The van der Waals surface area contributed by atoms with Crippen LogP contribution in [0, 0.1) is 0 Å². The van der Waals surface area contributed by atoms with E-state index >= 15 is 0 Å². The van der Waals surface area contributed by atoms with Crippen LogP contribution in [0.1, 0.15) is 38.9 Å². The van der Waals surface area contributed by atoms with Crippen molar-refractivity contribution in [2.45, 2.75) is 45.7 Å². The van der Waals surface area contributed by atoms with E-state index in [4.69, 9.17) is 5.73 Å². The average Bonchev–Trinajstić information content (AvgIpc) is 2.71. The van der Waals surface area contributed by atoms with Crippen molar-refractivity contribution in [3.05, 3.63) is 18.2 Å². The first-order valence-electron chi connectivity index (χ1n) is 6.10. The molecular formula is C12H22N4O. The minimum Gasteiger partial charge on any atom is -0.368 e. The highest BCUT2D eigenvalue weighted by atomic mass is 16.1. The standard InChI is InChI=1S/C12H22N4O/c1-4-14-10(11(13)17)5-7-16-8-6-15-12(16)9(2)3/h6,8-10,14H,4-5,7H2,1-3H3,(H2,13,17). The Hall–Kier alpha value is -1.36. The second-order valence-electron chi connectivity index (χ2n) is 4.43. The molecule has 0 saturated heterocycles. The number of likely N-dealkylation sites (N-methyl/N-ethyl adjacent to an activating group) is 1. The molecule has 1 aromatic rings. The summed E-state index contributed by atoms with van der Waals surface area (Å²) in [7, 11) is 0. The van der Waals surface area contributed by atoms with Gasteiger partial charge < -0.3 is 15.6 Å². The number of imidazole rings is 1. The maximum absolute atomic E-state index is 11.2. The van der Waals surface area contributed by atoms with Crippen LogP contribution in [0.15, 0.2) is 12.4 Å². The molecule has 0 aromatic carbocycles. The molecule has 1 amide bonds. The largest absolute Gasteiger partial charge is 0.368 e. The molecule has 96 valence electrons. The van der Waals surface area contributed by atoms with Gasteiger partial charge in [-0.15, -0.1) is 0 Å². The minimum absolute atomic E-state index is 0.262. The van der Waals surface area contributed by atoms with Gasteiger partial charge in [-0.1, -0.05) is 20.8 Å². The van der Waals surface area contributed by atoms with Gasteiger partial charge in [-0.2, -0.15) is 0 Å². The molecule has 0 spiro atoms. The Morgan fingerprint density at radius 2 is 2.29 bits per heavy atom. The number of amides is 1. The summed E-state index contributed by atoms with van der Waals surface area (Å²) < 4.78 is 2.08. The summed E-state index contributed by atoms with van der Waals surface area (Å²) in [5.74, 6) is 1.14. The smallest absolute Gasteiger partial charge is 0.234 e. The molecule has 1 rings (SSSR count). The van der Waals surface area contributed by atoms with Gasteiger partial charge in [0.1, 0.15) is 5.82 Å². The van der Waals surface area contributed by atoms with Crippen molar-refractivity contribution in [1.82, 2.24) is 14.9 Å². The Kier molecular flexibility index (Phi) is 5.15. The number of aryl methyl sites for hydroxylation is 1. The van der Waals surface area contributed by atoms with Gasteiger partial charge >= 0.3 is 0 Å². The van der Waals surface area contributed by atoms with E-state index in [2.05, 4.69) is 28.7 Å². The molecule has 1 unspecified atom stereocenters. The summed E-state index contributed by atoms with van der Waals surface area (Å²) in [6.45, 7) is 7.68. The molecule has 0 fully saturated rings. The fraction of sp³-hybridized carbons (Fsp3) is 0.667. The lowest BCUT2D eigenvalue weighted by Gasteiger charge is -2.16. The number of carbonyl (C=O) groups excluding carboxylic acids is 1. The fourth-order valence-electron chi connectivity index (χ4n) is 1.87. The molecule has 0 aliphatic heterocycles. The highest BCUT2D eigenvalue weighted by Crippen LogP contribution is 2.12. The van der Waals surface area contributed by atoms with Crippen LogP contribution in [-0.4, -0.2) is 28.0 Å². The minimum atomic E-state index is -0.293. The number of rotatable bonds is 7. The zero-order chi connectivity index (χ0) is 12.8. The lowest BCUT2D eigenvalue weighted by atomic mass is 10.1. The molecule has 5 nitrogen and oxygen atoms in total. The van der Waals surface area contributed by atoms with Crippen molar-refractivity contribution in [2.24, 2.45) is 5.73 Å². The third kappa shape index (κ3) is 3.85. The first-order valence-corrected chi connectivity index (χ1v) is 6.10. The van der Waals surface area contributed by atoms with Gasteiger partial charge in [-0.05, 0) is 13.0 Å². The summed E-state index contributed by atoms with van der Waals surface area (Å²) in [5.41, 5.74) is 5.33. The van der Waals surface area contributed by atoms with Gasteiger partial charge in [-0.3, -0.25) is 4.79 Å². The molecule has 0 bridgehead atoms. The summed E-state index contributed by atoms with van der Waals surface area (Å²) >= 11 is 0. The number of nitrogens with two attached hydrogens (primary N) is 1. The van der Waals surface area contributed by atoms with Crippen molar-refractivity contribution < 1.29 is 4.79 Å². The number of hydrogen-bond acceptors (Lipinski definition) is 3. The van der Waals surface area contributed by atoms with E-state index in [0.717, 1.165) is 18.9 Å². The van der Waals surface area contributed by atoms with Gasteiger partial charge in [0, 0.05) is 24.9 Å². The van der Waals surface area contributed by atoms with E-state index in [1.165, 1.54) is 0 Å². The summed E-state index contributed by atoms with van der Waals surface area (Å²) in [6, 6.07) is -0.262. The van der Waals surface area contributed by atoms with Crippen molar-refractivity contribution in [3.8, 4) is 0 Å². The van der Waals surface area contributed by atoms with Gasteiger partial charge in [0.05, 0.1) is 6.04 Å². The first-order chi connectivity index (χ1) is 8.06. The molecule has 5 heteroatoms. The number of primary amides is 1. The van der Waals surface area contributed by atoms with Crippen LogP contribution in [-0.2, 0) is 11.3 Å². The van der Waals surface area contributed by atoms with Crippen LogP contribution in [0.3, 0.4) is 0 Å². The molecule has 3 N–H and O–H groups in total. The highest BCUT2D eigenvalue weighted by molar-refractivity contribution is 5.79. The quantitative estimate of drug-likeness (QED) is 0.740. The van der Waals surface area contributed by atoms with E-state index in [9.17, 15) is 4.79 Å². The van der Waals surface area contributed by atoms with E-state index in [0.29, 0.717) is 12.3 Å². The number of hydrogen-bond donors (Lipinski definition) is 2. The van der Waals surface area contributed by atoms with E-state index < -0.39 is 0 Å². The van der Waals surface area contributed by atoms with Crippen LogP contribution in [0.4, 0.5) is 0 Å². The van der Waals surface area contributed by atoms with Gasteiger partial charge in [0.25, 0.3) is 0 Å². The maximum atomic E-state index is 11.2. The van der Waals surface area contributed by atoms with Crippen LogP contribution in [0.25, 0.3) is 0 Å². The molecule has 0 saturated carbocycles. The first kappa shape index (κ1) is 13.7. The third-order valence-corrected chi connectivity index (χ3v) is 2.72. The predicted octanol–water partition coefficient (Wildman–Crippen LogP) is 0.860. The van der Waals surface area contributed by atoms with Gasteiger partial charge in [-0.25, -0.2) is 4.98 Å². The van der Waals surface area contributed by atoms with E-state index in [1.54, 1.807) is 6.20 Å². The van der Waals surface area contributed by atoms with Crippen LogP contribution < -0.4 is 11.1 Å². The Balaban J connectivity index is 2.59. The molecule has 0 aliphatic carbocycles. The van der Waals surface area contributed by atoms with Crippen molar-refractivity contribution in [1.29, 1.82) is 0 Å². The molecular weight excluding hydrogens is 216 g/mol.